The van der Waals surface area contributed by atoms with Crippen LogP contribution in [0.1, 0.15) is 33.6 Å². The van der Waals surface area contributed by atoms with Gasteiger partial charge in [-0.2, -0.15) is 0 Å². The molecule has 1 rings (SSSR count). The number of ether oxygens (including phenoxy) is 1. The molecule has 15 heavy (non-hydrogen) atoms. The van der Waals surface area contributed by atoms with Crippen LogP contribution < -0.4 is 0 Å². The van der Waals surface area contributed by atoms with Crippen LogP contribution in [-0.4, -0.2) is 37.1 Å². The average molecular weight is 213 g/mol. The lowest BCUT2D eigenvalue weighted by Gasteiger charge is -2.34. The Labute approximate surface area is 92.8 Å². The second kappa shape index (κ2) is 6.11. The Balaban J connectivity index is 2.23. The van der Waals surface area contributed by atoms with Crippen LogP contribution in [-0.2, 0) is 9.53 Å². The zero-order valence-electron chi connectivity index (χ0n) is 10.2. The monoisotopic (exact) mass is 213 g/mol. The average Bonchev–Trinajstić information content (AvgIpc) is 2.14. The Bertz CT molecular complexity index is 196. The number of nitrogens with zero attached hydrogens (tertiary/aromatic N) is 1. The van der Waals surface area contributed by atoms with E-state index in [4.69, 9.17) is 4.74 Å². The zero-order valence-corrected chi connectivity index (χ0v) is 10.2. The van der Waals surface area contributed by atoms with Gasteiger partial charge in [-0.05, 0) is 25.2 Å². The second-order valence-electron chi connectivity index (χ2n) is 4.76. The maximum Gasteiger partial charge on any atom is 0.307 e. The molecule has 1 heterocycles. The molecule has 0 aromatic rings. The largest absolute Gasteiger partial charge is 0.466 e. The third-order valence-corrected chi connectivity index (χ3v) is 2.88. The van der Waals surface area contributed by atoms with Gasteiger partial charge in [-0.1, -0.05) is 13.8 Å². The molecule has 1 fully saturated rings. The van der Waals surface area contributed by atoms with E-state index < -0.39 is 0 Å². The lowest BCUT2D eigenvalue weighted by Crippen LogP contribution is -2.39. The van der Waals surface area contributed by atoms with Crippen molar-refractivity contribution in [2.24, 2.45) is 11.8 Å². The molecule has 0 aromatic carbocycles. The zero-order chi connectivity index (χ0) is 11.3. The Hall–Kier alpha value is -0.570. The van der Waals surface area contributed by atoms with Crippen molar-refractivity contribution in [3.8, 4) is 0 Å². The SMILES string of the molecule is CCOC(=O)CCN1C[C@@H](C)C[C@H](C)C1. The van der Waals surface area contributed by atoms with Crippen molar-refractivity contribution in [2.45, 2.75) is 33.6 Å². The molecule has 0 bridgehead atoms. The van der Waals surface area contributed by atoms with Crippen molar-refractivity contribution in [3.05, 3.63) is 0 Å². The van der Waals surface area contributed by atoms with Gasteiger partial charge in [-0.3, -0.25) is 4.79 Å². The Morgan fingerprint density at radius 1 is 1.33 bits per heavy atom. The van der Waals surface area contributed by atoms with Crippen LogP contribution in [0.15, 0.2) is 0 Å². The second-order valence-corrected chi connectivity index (χ2v) is 4.76. The molecular formula is C12H23NO2. The first-order valence-corrected chi connectivity index (χ1v) is 5.99. The van der Waals surface area contributed by atoms with Crippen LogP contribution in [0.25, 0.3) is 0 Å². The Morgan fingerprint density at radius 3 is 2.47 bits per heavy atom. The van der Waals surface area contributed by atoms with E-state index in [9.17, 15) is 4.79 Å². The van der Waals surface area contributed by atoms with Crippen molar-refractivity contribution >= 4 is 5.97 Å². The Morgan fingerprint density at radius 2 is 1.93 bits per heavy atom. The lowest BCUT2D eigenvalue weighted by molar-refractivity contribution is -0.143. The van der Waals surface area contributed by atoms with E-state index in [-0.39, 0.29) is 5.97 Å². The van der Waals surface area contributed by atoms with Gasteiger partial charge in [-0.25, -0.2) is 0 Å². The van der Waals surface area contributed by atoms with E-state index in [2.05, 4.69) is 18.7 Å². The first kappa shape index (κ1) is 12.5. The molecule has 3 nitrogen and oxygen atoms in total. The molecule has 0 N–H and O–H groups in total. The van der Waals surface area contributed by atoms with Gasteiger partial charge in [0.2, 0.25) is 0 Å². The summed E-state index contributed by atoms with van der Waals surface area (Å²) < 4.78 is 4.92. The number of esters is 1. The maximum absolute atomic E-state index is 11.2. The summed E-state index contributed by atoms with van der Waals surface area (Å²) in [4.78, 5) is 13.6. The standard InChI is InChI=1S/C12H23NO2/c1-4-15-12(14)5-6-13-8-10(2)7-11(3)9-13/h10-11H,4-9H2,1-3H3/t10-,11-/m0/s1. The molecule has 0 unspecified atom stereocenters. The maximum atomic E-state index is 11.2. The minimum Gasteiger partial charge on any atom is -0.466 e. The van der Waals surface area contributed by atoms with Gasteiger partial charge in [-0.15, -0.1) is 0 Å². The first-order chi connectivity index (χ1) is 7.11. The van der Waals surface area contributed by atoms with Crippen LogP contribution in [0.4, 0.5) is 0 Å². The predicted octanol–water partition coefficient (Wildman–Crippen LogP) is 1.92. The van der Waals surface area contributed by atoms with E-state index in [1.807, 2.05) is 6.92 Å². The molecule has 2 atom stereocenters. The molecule has 1 aliphatic rings. The fourth-order valence-electron chi connectivity index (χ4n) is 2.46. The molecule has 0 saturated carbocycles. The van der Waals surface area contributed by atoms with Gasteiger partial charge < -0.3 is 9.64 Å². The number of carbonyl (C=O) groups is 1. The van der Waals surface area contributed by atoms with Gasteiger partial charge >= 0.3 is 5.97 Å². The molecule has 88 valence electrons. The third kappa shape index (κ3) is 4.65. The van der Waals surface area contributed by atoms with E-state index in [1.165, 1.54) is 6.42 Å². The number of carbonyl (C=O) groups excluding carboxylic acids is 1. The van der Waals surface area contributed by atoms with Gasteiger partial charge in [0.1, 0.15) is 0 Å². The first-order valence-electron chi connectivity index (χ1n) is 5.99. The van der Waals surface area contributed by atoms with Gasteiger partial charge in [0, 0.05) is 19.6 Å². The summed E-state index contributed by atoms with van der Waals surface area (Å²) in [5.74, 6) is 1.45. The highest BCUT2D eigenvalue weighted by atomic mass is 16.5. The number of likely N-dealkylation sites (tertiary alicyclic amines) is 1. The molecule has 0 aromatic heterocycles. The number of piperidine rings is 1. The highest BCUT2D eigenvalue weighted by molar-refractivity contribution is 5.69. The highest BCUT2D eigenvalue weighted by Gasteiger charge is 2.21. The minimum atomic E-state index is -0.0663. The molecule has 0 amide bonds. The van der Waals surface area contributed by atoms with Crippen molar-refractivity contribution < 1.29 is 9.53 Å². The quantitative estimate of drug-likeness (QED) is 0.668. The molecule has 0 radical (unpaired) electrons. The van der Waals surface area contributed by atoms with Crippen LogP contribution in [0, 0.1) is 11.8 Å². The molecule has 0 aliphatic carbocycles. The van der Waals surface area contributed by atoms with E-state index in [1.54, 1.807) is 0 Å². The Kier molecular flexibility index (Phi) is 5.09. The number of hydrogen-bond acceptors (Lipinski definition) is 3. The predicted molar refractivity (Wildman–Crippen MR) is 60.6 cm³/mol. The third-order valence-electron chi connectivity index (χ3n) is 2.88. The van der Waals surface area contributed by atoms with E-state index in [0.29, 0.717) is 13.0 Å². The molecular weight excluding hydrogens is 190 g/mol. The van der Waals surface area contributed by atoms with Crippen molar-refractivity contribution in [3.63, 3.8) is 0 Å². The molecule has 3 heteroatoms. The minimum absolute atomic E-state index is 0.0663. The molecule has 0 spiro atoms. The summed E-state index contributed by atoms with van der Waals surface area (Å²) in [5.41, 5.74) is 0. The summed E-state index contributed by atoms with van der Waals surface area (Å²) in [6.45, 7) is 10.0. The van der Waals surface area contributed by atoms with Gasteiger partial charge in [0.05, 0.1) is 13.0 Å². The fourth-order valence-corrected chi connectivity index (χ4v) is 2.46. The normalized spacial score (nSPS) is 27.7. The molecule has 1 saturated heterocycles. The summed E-state index contributed by atoms with van der Waals surface area (Å²) in [7, 11) is 0. The smallest absolute Gasteiger partial charge is 0.307 e. The van der Waals surface area contributed by atoms with Gasteiger partial charge in [0.15, 0.2) is 0 Å². The lowest BCUT2D eigenvalue weighted by atomic mass is 9.92. The number of hydrogen-bond donors (Lipinski definition) is 0. The topological polar surface area (TPSA) is 29.5 Å². The summed E-state index contributed by atoms with van der Waals surface area (Å²) in [6, 6.07) is 0. The van der Waals surface area contributed by atoms with Gasteiger partial charge in [0.25, 0.3) is 0 Å². The summed E-state index contributed by atoms with van der Waals surface area (Å²) in [5, 5.41) is 0. The van der Waals surface area contributed by atoms with E-state index >= 15 is 0 Å². The van der Waals surface area contributed by atoms with Crippen LogP contribution >= 0.6 is 0 Å². The highest BCUT2D eigenvalue weighted by Crippen LogP contribution is 2.20. The summed E-state index contributed by atoms with van der Waals surface area (Å²) in [6.07, 6.45) is 1.85. The van der Waals surface area contributed by atoms with Crippen LogP contribution in [0.3, 0.4) is 0 Å². The van der Waals surface area contributed by atoms with E-state index in [0.717, 1.165) is 31.5 Å². The van der Waals surface area contributed by atoms with Crippen molar-refractivity contribution in [1.29, 1.82) is 0 Å². The van der Waals surface area contributed by atoms with Crippen LogP contribution in [0.2, 0.25) is 0 Å². The number of rotatable bonds is 4. The van der Waals surface area contributed by atoms with Crippen molar-refractivity contribution in [2.75, 3.05) is 26.2 Å². The van der Waals surface area contributed by atoms with Crippen molar-refractivity contribution in [1.82, 2.24) is 4.90 Å². The van der Waals surface area contributed by atoms with Crippen LogP contribution in [0.5, 0.6) is 0 Å². The summed E-state index contributed by atoms with van der Waals surface area (Å²) >= 11 is 0. The molecule has 1 aliphatic heterocycles. The fraction of sp³-hybridized carbons (Fsp3) is 0.917.